The molecule has 5 nitrogen and oxygen atoms in total. The normalized spacial score (nSPS) is 20.7. The average molecular weight is 288 g/mol. The van der Waals surface area contributed by atoms with Crippen LogP contribution < -0.4 is 5.32 Å². The average Bonchev–Trinajstić information content (AvgIpc) is 3.01. The molecular formula is C16H24N4O. The molecule has 1 saturated carbocycles. The number of carbonyl (C=O) groups is 1. The fraction of sp³-hybridized carbons (Fsp3) is 0.688. The van der Waals surface area contributed by atoms with E-state index in [0.29, 0.717) is 12.0 Å². The summed E-state index contributed by atoms with van der Waals surface area (Å²) in [6.07, 6.45) is 10.6. The van der Waals surface area contributed by atoms with E-state index in [1.54, 1.807) is 19.3 Å². The topological polar surface area (TPSA) is 58.1 Å². The van der Waals surface area contributed by atoms with E-state index in [1.165, 1.54) is 25.7 Å². The van der Waals surface area contributed by atoms with Crippen molar-refractivity contribution in [1.29, 1.82) is 0 Å². The molecule has 1 aromatic heterocycles. The standard InChI is InChI=1S/C16H24N4O/c1-12(21)20-10-6-13(7-11-20)15-16(18-9-8-17-15)19-14-4-2-3-5-14/h8-9,13-14H,2-7,10-11H2,1H3,(H,18,19). The van der Waals surface area contributed by atoms with Crippen LogP contribution in [0.1, 0.15) is 57.1 Å². The van der Waals surface area contributed by atoms with Gasteiger partial charge in [-0.2, -0.15) is 0 Å². The molecular weight excluding hydrogens is 264 g/mol. The third-order valence-corrected chi connectivity index (χ3v) is 4.75. The number of nitrogens with one attached hydrogen (secondary N) is 1. The highest BCUT2D eigenvalue weighted by Crippen LogP contribution is 2.31. The van der Waals surface area contributed by atoms with Crippen LogP contribution in [0.25, 0.3) is 0 Å². The Balaban J connectivity index is 1.69. The molecule has 1 N–H and O–H groups in total. The molecule has 3 rings (SSSR count). The highest BCUT2D eigenvalue weighted by atomic mass is 16.2. The van der Waals surface area contributed by atoms with Crippen LogP contribution in [0.5, 0.6) is 0 Å². The monoisotopic (exact) mass is 288 g/mol. The summed E-state index contributed by atoms with van der Waals surface area (Å²) in [4.78, 5) is 22.5. The molecule has 2 aliphatic rings. The van der Waals surface area contributed by atoms with E-state index in [2.05, 4.69) is 15.3 Å². The second-order valence-electron chi connectivity index (χ2n) is 6.20. The van der Waals surface area contributed by atoms with Crippen molar-refractivity contribution in [2.45, 2.75) is 57.4 Å². The number of aromatic nitrogens is 2. The van der Waals surface area contributed by atoms with Crippen LogP contribution in [-0.2, 0) is 4.79 Å². The highest BCUT2D eigenvalue weighted by Gasteiger charge is 2.26. The molecule has 1 saturated heterocycles. The number of hydrogen-bond donors (Lipinski definition) is 1. The van der Waals surface area contributed by atoms with Gasteiger partial charge in [0.05, 0.1) is 5.69 Å². The molecule has 1 aliphatic heterocycles. The zero-order valence-electron chi connectivity index (χ0n) is 12.7. The van der Waals surface area contributed by atoms with Gasteiger partial charge in [-0.05, 0) is 25.7 Å². The molecule has 0 spiro atoms. The minimum atomic E-state index is 0.178. The lowest BCUT2D eigenvalue weighted by atomic mass is 9.93. The summed E-state index contributed by atoms with van der Waals surface area (Å²) < 4.78 is 0. The van der Waals surface area contributed by atoms with Gasteiger partial charge in [0.1, 0.15) is 5.82 Å². The van der Waals surface area contributed by atoms with Crippen LogP contribution in [0.2, 0.25) is 0 Å². The molecule has 1 aromatic rings. The van der Waals surface area contributed by atoms with Gasteiger partial charge in [0.2, 0.25) is 5.91 Å². The van der Waals surface area contributed by atoms with Crippen LogP contribution in [-0.4, -0.2) is 39.9 Å². The highest BCUT2D eigenvalue weighted by molar-refractivity contribution is 5.73. The number of carbonyl (C=O) groups excluding carboxylic acids is 1. The van der Waals surface area contributed by atoms with Crippen molar-refractivity contribution in [3.63, 3.8) is 0 Å². The lowest BCUT2D eigenvalue weighted by Gasteiger charge is -2.31. The first-order valence-corrected chi connectivity index (χ1v) is 8.07. The molecule has 21 heavy (non-hydrogen) atoms. The van der Waals surface area contributed by atoms with E-state index in [-0.39, 0.29) is 5.91 Å². The Labute approximate surface area is 126 Å². The maximum absolute atomic E-state index is 11.4. The quantitative estimate of drug-likeness (QED) is 0.928. The van der Waals surface area contributed by atoms with Gasteiger partial charge in [0.15, 0.2) is 0 Å². The Morgan fingerprint density at radius 2 is 1.81 bits per heavy atom. The summed E-state index contributed by atoms with van der Waals surface area (Å²) in [5.74, 6) is 1.56. The molecule has 2 fully saturated rings. The minimum Gasteiger partial charge on any atom is -0.366 e. The van der Waals surface area contributed by atoms with Crippen LogP contribution in [0.3, 0.4) is 0 Å². The van der Waals surface area contributed by atoms with Gasteiger partial charge < -0.3 is 10.2 Å². The lowest BCUT2D eigenvalue weighted by molar-refractivity contribution is -0.129. The molecule has 0 radical (unpaired) electrons. The summed E-state index contributed by atoms with van der Waals surface area (Å²) in [7, 11) is 0. The van der Waals surface area contributed by atoms with Crippen molar-refractivity contribution in [2.75, 3.05) is 18.4 Å². The van der Waals surface area contributed by atoms with Crippen LogP contribution in [0.15, 0.2) is 12.4 Å². The van der Waals surface area contributed by atoms with Crippen molar-refractivity contribution < 1.29 is 4.79 Å². The second-order valence-corrected chi connectivity index (χ2v) is 6.20. The summed E-state index contributed by atoms with van der Waals surface area (Å²) in [6.45, 7) is 3.31. The van der Waals surface area contributed by atoms with Gasteiger partial charge in [0.25, 0.3) is 0 Å². The van der Waals surface area contributed by atoms with Gasteiger partial charge >= 0.3 is 0 Å². The van der Waals surface area contributed by atoms with Gasteiger partial charge in [0, 0.05) is 44.4 Å². The number of anilines is 1. The number of rotatable bonds is 3. The Kier molecular flexibility index (Phi) is 4.36. The van der Waals surface area contributed by atoms with E-state index >= 15 is 0 Å². The Morgan fingerprint density at radius 1 is 1.14 bits per heavy atom. The zero-order chi connectivity index (χ0) is 14.7. The van der Waals surface area contributed by atoms with Crippen LogP contribution in [0, 0.1) is 0 Å². The maximum atomic E-state index is 11.4. The number of hydrogen-bond acceptors (Lipinski definition) is 4. The molecule has 0 unspecified atom stereocenters. The van der Waals surface area contributed by atoms with Crippen molar-refractivity contribution >= 4 is 11.7 Å². The second kappa shape index (κ2) is 6.41. The van der Waals surface area contributed by atoms with Crippen molar-refractivity contribution in [1.82, 2.24) is 14.9 Å². The number of nitrogens with zero attached hydrogens (tertiary/aromatic N) is 3. The molecule has 0 atom stereocenters. The SMILES string of the molecule is CC(=O)N1CCC(c2nccnc2NC2CCCC2)CC1. The van der Waals surface area contributed by atoms with Gasteiger partial charge in [-0.3, -0.25) is 9.78 Å². The number of piperidine rings is 1. The van der Waals surface area contributed by atoms with Crippen molar-refractivity contribution in [2.24, 2.45) is 0 Å². The van der Waals surface area contributed by atoms with Gasteiger partial charge in [-0.1, -0.05) is 12.8 Å². The van der Waals surface area contributed by atoms with E-state index in [0.717, 1.165) is 37.4 Å². The summed E-state index contributed by atoms with van der Waals surface area (Å²) in [5, 5.41) is 3.59. The summed E-state index contributed by atoms with van der Waals surface area (Å²) in [5.41, 5.74) is 1.09. The smallest absolute Gasteiger partial charge is 0.219 e. The largest absolute Gasteiger partial charge is 0.366 e. The van der Waals surface area contributed by atoms with E-state index < -0.39 is 0 Å². The third kappa shape index (κ3) is 3.34. The lowest BCUT2D eigenvalue weighted by Crippen LogP contribution is -2.36. The van der Waals surface area contributed by atoms with Crippen molar-refractivity contribution in [3.8, 4) is 0 Å². The van der Waals surface area contributed by atoms with Gasteiger partial charge in [-0.25, -0.2) is 4.98 Å². The summed E-state index contributed by atoms with van der Waals surface area (Å²) >= 11 is 0. The first-order chi connectivity index (χ1) is 10.2. The fourth-order valence-electron chi connectivity index (χ4n) is 3.49. The molecule has 1 amide bonds. The van der Waals surface area contributed by atoms with Crippen molar-refractivity contribution in [3.05, 3.63) is 18.1 Å². The van der Waals surface area contributed by atoms with Crippen LogP contribution in [0.4, 0.5) is 5.82 Å². The molecule has 0 aromatic carbocycles. The fourth-order valence-corrected chi connectivity index (χ4v) is 3.49. The number of amides is 1. The van der Waals surface area contributed by atoms with E-state index in [9.17, 15) is 4.79 Å². The molecule has 0 bridgehead atoms. The minimum absolute atomic E-state index is 0.178. The Hall–Kier alpha value is -1.65. The zero-order valence-corrected chi connectivity index (χ0v) is 12.7. The Bertz CT molecular complexity index is 491. The maximum Gasteiger partial charge on any atom is 0.219 e. The predicted octanol–water partition coefficient (Wildman–Crippen LogP) is 2.56. The Morgan fingerprint density at radius 3 is 2.48 bits per heavy atom. The molecule has 2 heterocycles. The molecule has 114 valence electrons. The molecule has 1 aliphatic carbocycles. The van der Waals surface area contributed by atoms with E-state index in [1.807, 2.05) is 4.90 Å². The van der Waals surface area contributed by atoms with Gasteiger partial charge in [-0.15, -0.1) is 0 Å². The third-order valence-electron chi connectivity index (χ3n) is 4.75. The summed E-state index contributed by atoms with van der Waals surface area (Å²) in [6, 6.07) is 0.553. The first-order valence-electron chi connectivity index (χ1n) is 8.07. The van der Waals surface area contributed by atoms with E-state index in [4.69, 9.17) is 0 Å². The molecule has 5 heteroatoms. The van der Waals surface area contributed by atoms with Crippen LogP contribution >= 0.6 is 0 Å². The first kappa shape index (κ1) is 14.3. The number of likely N-dealkylation sites (tertiary alicyclic amines) is 1. The predicted molar refractivity (Wildman–Crippen MR) is 82.1 cm³/mol.